The van der Waals surface area contributed by atoms with E-state index >= 15 is 0 Å². The SMILES string of the molecule is Brc1ccc(COCC2CCNCC2)s1. The molecule has 1 fully saturated rings. The van der Waals surface area contributed by atoms with Crippen molar-refractivity contribution < 1.29 is 4.74 Å². The van der Waals surface area contributed by atoms with Crippen molar-refractivity contribution in [2.45, 2.75) is 19.4 Å². The fourth-order valence-corrected chi connectivity index (χ4v) is 3.22. The lowest BCUT2D eigenvalue weighted by Gasteiger charge is -2.22. The summed E-state index contributed by atoms with van der Waals surface area (Å²) >= 11 is 5.21. The minimum atomic E-state index is 0.759. The summed E-state index contributed by atoms with van der Waals surface area (Å²) in [6.07, 6.45) is 2.52. The molecule has 0 aliphatic carbocycles. The van der Waals surface area contributed by atoms with Crippen LogP contribution in [0.15, 0.2) is 15.9 Å². The molecular formula is C11H16BrNOS. The molecule has 0 atom stereocenters. The number of hydrogen-bond acceptors (Lipinski definition) is 3. The molecule has 0 amide bonds. The highest BCUT2D eigenvalue weighted by atomic mass is 79.9. The van der Waals surface area contributed by atoms with E-state index in [9.17, 15) is 0 Å². The highest BCUT2D eigenvalue weighted by molar-refractivity contribution is 9.11. The predicted octanol–water partition coefficient (Wildman–Crippen LogP) is 3.03. The van der Waals surface area contributed by atoms with E-state index in [4.69, 9.17) is 4.74 Å². The maximum absolute atomic E-state index is 5.73. The molecule has 0 aromatic carbocycles. The Hall–Kier alpha value is 0.1000. The maximum Gasteiger partial charge on any atom is 0.0809 e. The number of hydrogen-bond donors (Lipinski definition) is 1. The smallest absolute Gasteiger partial charge is 0.0809 e. The predicted molar refractivity (Wildman–Crippen MR) is 67.3 cm³/mol. The van der Waals surface area contributed by atoms with Gasteiger partial charge in [0.25, 0.3) is 0 Å². The van der Waals surface area contributed by atoms with E-state index in [2.05, 4.69) is 33.4 Å². The van der Waals surface area contributed by atoms with Crippen LogP contribution in [0.1, 0.15) is 17.7 Å². The molecule has 84 valence electrons. The standard InChI is InChI=1S/C11H16BrNOS/c12-11-2-1-10(15-11)8-14-7-9-3-5-13-6-4-9/h1-2,9,13H,3-8H2. The van der Waals surface area contributed by atoms with E-state index in [1.165, 1.54) is 21.5 Å². The van der Waals surface area contributed by atoms with Gasteiger partial charge in [0.05, 0.1) is 10.4 Å². The van der Waals surface area contributed by atoms with Crippen molar-refractivity contribution in [1.82, 2.24) is 5.32 Å². The van der Waals surface area contributed by atoms with Crippen molar-refractivity contribution >= 4 is 27.3 Å². The molecule has 1 aliphatic heterocycles. The minimum Gasteiger partial charge on any atom is -0.376 e. The van der Waals surface area contributed by atoms with Crippen molar-refractivity contribution in [3.05, 3.63) is 20.8 Å². The van der Waals surface area contributed by atoms with Gasteiger partial charge in [0, 0.05) is 11.5 Å². The molecule has 1 saturated heterocycles. The van der Waals surface area contributed by atoms with Gasteiger partial charge in [-0.15, -0.1) is 11.3 Å². The summed E-state index contributed by atoms with van der Waals surface area (Å²) in [5.41, 5.74) is 0. The molecule has 1 aromatic heterocycles. The van der Waals surface area contributed by atoms with Crippen molar-refractivity contribution in [2.75, 3.05) is 19.7 Å². The van der Waals surface area contributed by atoms with Gasteiger partial charge in [0.2, 0.25) is 0 Å². The van der Waals surface area contributed by atoms with Crippen molar-refractivity contribution in [3.8, 4) is 0 Å². The van der Waals surface area contributed by atoms with Gasteiger partial charge >= 0.3 is 0 Å². The summed E-state index contributed by atoms with van der Waals surface area (Å²) in [6, 6.07) is 4.20. The van der Waals surface area contributed by atoms with E-state index in [1.807, 2.05) is 0 Å². The second-order valence-electron chi connectivity index (χ2n) is 3.91. The number of halogens is 1. The zero-order valence-electron chi connectivity index (χ0n) is 8.67. The van der Waals surface area contributed by atoms with Gasteiger partial charge in [-0.2, -0.15) is 0 Å². The first-order valence-corrected chi connectivity index (χ1v) is 6.98. The summed E-state index contributed by atoms with van der Waals surface area (Å²) in [6.45, 7) is 3.98. The van der Waals surface area contributed by atoms with Crippen LogP contribution in [0, 0.1) is 5.92 Å². The van der Waals surface area contributed by atoms with Gasteiger partial charge in [0.15, 0.2) is 0 Å². The lowest BCUT2D eigenvalue weighted by molar-refractivity contribution is 0.0779. The molecule has 1 aromatic rings. The first-order chi connectivity index (χ1) is 7.34. The Labute approximate surface area is 103 Å². The summed E-state index contributed by atoms with van der Waals surface area (Å²) < 4.78 is 6.92. The lowest BCUT2D eigenvalue weighted by Crippen LogP contribution is -2.29. The third-order valence-corrected chi connectivity index (χ3v) is 4.28. The van der Waals surface area contributed by atoms with E-state index < -0.39 is 0 Å². The van der Waals surface area contributed by atoms with Gasteiger partial charge in [-0.25, -0.2) is 0 Å². The molecular weight excluding hydrogens is 274 g/mol. The van der Waals surface area contributed by atoms with E-state index in [-0.39, 0.29) is 0 Å². The van der Waals surface area contributed by atoms with Crippen molar-refractivity contribution in [2.24, 2.45) is 5.92 Å². The Balaban J connectivity index is 1.65. The largest absolute Gasteiger partial charge is 0.376 e. The molecule has 2 heterocycles. The third-order valence-electron chi connectivity index (χ3n) is 2.69. The Morgan fingerprint density at radius 2 is 2.20 bits per heavy atom. The highest BCUT2D eigenvalue weighted by Gasteiger charge is 2.12. The van der Waals surface area contributed by atoms with Crippen LogP contribution in [-0.4, -0.2) is 19.7 Å². The average Bonchev–Trinajstić information content (AvgIpc) is 2.66. The van der Waals surface area contributed by atoms with Crippen LogP contribution >= 0.6 is 27.3 Å². The molecule has 0 unspecified atom stereocenters. The Morgan fingerprint density at radius 3 is 2.87 bits per heavy atom. The normalized spacial score (nSPS) is 18.2. The monoisotopic (exact) mass is 289 g/mol. The van der Waals surface area contributed by atoms with Crippen molar-refractivity contribution in [3.63, 3.8) is 0 Å². The molecule has 4 heteroatoms. The lowest BCUT2D eigenvalue weighted by atomic mass is 9.99. The fourth-order valence-electron chi connectivity index (χ4n) is 1.80. The number of nitrogens with one attached hydrogen (secondary N) is 1. The third kappa shape index (κ3) is 3.87. The molecule has 2 rings (SSSR count). The Bertz CT molecular complexity index is 297. The molecule has 1 N–H and O–H groups in total. The van der Waals surface area contributed by atoms with Crippen molar-refractivity contribution in [1.29, 1.82) is 0 Å². The van der Waals surface area contributed by atoms with Gasteiger partial charge in [-0.05, 0) is 59.9 Å². The van der Waals surface area contributed by atoms with E-state index in [0.29, 0.717) is 0 Å². The topological polar surface area (TPSA) is 21.3 Å². The van der Waals surface area contributed by atoms with Crippen LogP contribution in [0.3, 0.4) is 0 Å². The van der Waals surface area contributed by atoms with Crippen LogP contribution in [0.5, 0.6) is 0 Å². The number of ether oxygens (including phenoxy) is 1. The van der Waals surface area contributed by atoms with Crippen LogP contribution in [0.25, 0.3) is 0 Å². The highest BCUT2D eigenvalue weighted by Crippen LogP contribution is 2.23. The first-order valence-electron chi connectivity index (χ1n) is 5.37. The zero-order valence-corrected chi connectivity index (χ0v) is 11.1. The van der Waals surface area contributed by atoms with Gasteiger partial charge < -0.3 is 10.1 Å². The number of rotatable bonds is 4. The second-order valence-corrected chi connectivity index (χ2v) is 6.46. The molecule has 0 saturated carbocycles. The first kappa shape index (κ1) is 11.6. The summed E-state index contributed by atoms with van der Waals surface area (Å²) in [5, 5.41) is 3.37. The van der Waals surface area contributed by atoms with Crippen LogP contribution in [0.2, 0.25) is 0 Å². The Morgan fingerprint density at radius 1 is 1.40 bits per heavy atom. The maximum atomic E-state index is 5.73. The summed E-state index contributed by atoms with van der Waals surface area (Å²) in [5.74, 6) is 0.759. The second kappa shape index (κ2) is 5.99. The molecule has 0 bridgehead atoms. The molecule has 2 nitrogen and oxygen atoms in total. The van der Waals surface area contributed by atoms with E-state index in [1.54, 1.807) is 11.3 Å². The van der Waals surface area contributed by atoms with Crippen LogP contribution in [-0.2, 0) is 11.3 Å². The molecule has 15 heavy (non-hydrogen) atoms. The Kier molecular flexibility index (Phi) is 4.62. The van der Waals surface area contributed by atoms with Gasteiger partial charge in [0.1, 0.15) is 0 Å². The minimum absolute atomic E-state index is 0.759. The fraction of sp³-hybridized carbons (Fsp3) is 0.636. The quantitative estimate of drug-likeness (QED) is 0.920. The number of piperidine rings is 1. The van der Waals surface area contributed by atoms with Crippen LogP contribution < -0.4 is 5.32 Å². The number of thiophene rings is 1. The van der Waals surface area contributed by atoms with Crippen LogP contribution in [0.4, 0.5) is 0 Å². The van der Waals surface area contributed by atoms with Gasteiger partial charge in [-0.1, -0.05) is 0 Å². The average molecular weight is 290 g/mol. The zero-order chi connectivity index (χ0) is 10.5. The summed E-state index contributed by atoms with van der Waals surface area (Å²) in [7, 11) is 0. The van der Waals surface area contributed by atoms with Gasteiger partial charge in [-0.3, -0.25) is 0 Å². The molecule has 1 aliphatic rings. The molecule has 0 spiro atoms. The summed E-state index contributed by atoms with van der Waals surface area (Å²) in [4.78, 5) is 1.30. The van der Waals surface area contributed by atoms with E-state index in [0.717, 1.165) is 32.2 Å². The molecule has 0 radical (unpaired) electrons.